The lowest BCUT2D eigenvalue weighted by molar-refractivity contribution is 0.306. The molecule has 3 nitrogen and oxygen atoms in total. The van der Waals surface area contributed by atoms with E-state index >= 15 is 0 Å². The number of unbranched alkanes of at least 4 members (excludes halogenated alkanes) is 7. The van der Waals surface area contributed by atoms with Crippen molar-refractivity contribution >= 4 is 10.1 Å². The molecule has 0 aliphatic rings. The molecule has 26 heavy (non-hydrogen) atoms. The normalized spacial score (nSPS) is 13.0. The van der Waals surface area contributed by atoms with E-state index in [1.807, 2.05) is 6.92 Å². The zero-order valence-electron chi connectivity index (χ0n) is 17.0. The first kappa shape index (κ1) is 23.2. The highest BCUT2D eigenvalue weighted by molar-refractivity contribution is 7.86. The van der Waals surface area contributed by atoms with Crippen LogP contribution in [0.25, 0.3) is 0 Å². The Kier molecular flexibility index (Phi) is 11.9. The Morgan fingerprint density at radius 1 is 0.846 bits per heavy atom. The van der Waals surface area contributed by atoms with E-state index in [1.165, 1.54) is 57.8 Å². The number of hydrogen-bond donors (Lipinski definition) is 0. The molecule has 0 unspecified atom stereocenters. The van der Waals surface area contributed by atoms with E-state index in [1.54, 1.807) is 24.3 Å². The molecule has 0 saturated carbocycles. The molecule has 0 aromatic heterocycles. The summed E-state index contributed by atoms with van der Waals surface area (Å²) in [6.07, 6.45) is 13.6. The molecule has 0 bridgehead atoms. The van der Waals surface area contributed by atoms with Gasteiger partial charge in [-0.25, -0.2) is 0 Å². The van der Waals surface area contributed by atoms with Crippen LogP contribution in [0.3, 0.4) is 0 Å². The summed E-state index contributed by atoms with van der Waals surface area (Å²) in [7, 11) is -3.60. The van der Waals surface area contributed by atoms with Crippen molar-refractivity contribution in [1.29, 1.82) is 0 Å². The maximum Gasteiger partial charge on any atom is 0.296 e. The standard InChI is InChI=1S/C22H38O3S/c1-4-5-13-20(2)14-11-9-7-6-8-10-12-19-25-26(23,24)22-17-15-21(3)16-18-22/h15-18,20H,4-14,19H2,1-3H3/t20-/m0/s1. The molecule has 0 radical (unpaired) electrons. The van der Waals surface area contributed by atoms with Crippen molar-refractivity contribution in [3.05, 3.63) is 29.8 Å². The Morgan fingerprint density at radius 2 is 1.38 bits per heavy atom. The summed E-state index contributed by atoms with van der Waals surface area (Å²) in [6, 6.07) is 6.79. The molecule has 4 heteroatoms. The largest absolute Gasteiger partial charge is 0.296 e. The van der Waals surface area contributed by atoms with Gasteiger partial charge in [0.25, 0.3) is 10.1 Å². The van der Waals surface area contributed by atoms with Crippen LogP contribution < -0.4 is 0 Å². The van der Waals surface area contributed by atoms with Gasteiger partial charge in [-0.15, -0.1) is 0 Å². The van der Waals surface area contributed by atoms with Crippen LogP contribution in [-0.4, -0.2) is 15.0 Å². The zero-order chi connectivity index (χ0) is 19.3. The predicted octanol–water partition coefficient (Wildman–Crippen LogP) is 6.65. The van der Waals surface area contributed by atoms with E-state index in [9.17, 15) is 8.42 Å². The summed E-state index contributed by atoms with van der Waals surface area (Å²) < 4.78 is 29.2. The molecule has 0 fully saturated rings. The maximum absolute atomic E-state index is 12.0. The molecule has 1 aromatic rings. The molecule has 0 heterocycles. The van der Waals surface area contributed by atoms with E-state index in [4.69, 9.17) is 4.18 Å². The maximum atomic E-state index is 12.0. The van der Waals surface area contributed by atoms with Crippen molar-refractivity contribution in [3.8, 4) is 0 Å². The Balaban J connectivity index is 2.00. The van der Waals surface area contributed by atoms with Gasteiger partial charge in [0.2, 0.25) is 0 Å². The lowest BCUT2D eigenvalue weighted by Gasteiger charge is -2.10. The first-order chi connectivity index (χ1) is 12.5. The Morgan fingerprint density at radius 3 is 2.00 bits per heavy atom. The topological polar surface area (TPSA) is 43.4 Å². The lowest BCUT2D eigenvalue weighted by Crippen LogP contribution is -2.07. The van der Waals surface area contributed by atoms with Crippen LogP contribution in [0.1, 0.15) is 90.0 Å². The van der Waals surface area contributed by atoms with E-state index < -0.39 is 10.1 Å². The van der Waals surface area contributed by atoms with Gasteiger partial charge in [0.15, 0.2) is 0 Å². The fourth-order valence-corrected chi connectivity index (χ4v) is 4.06. The van der Waals surface area contributed by atoms with E-state index in [-0.39, 0.29) is 11.5 Å². The molecule has 1 rings (SSSR count). The third-order valence-corrected chi connectivity index (χ3v) is 6.27. The van der Waals surface area contributed by atoms with Gasteiger partial charge in [0, 0.05) is 0 Å². The van der Waals surface area contributed by atoms with Gasteiger partial charge >= 0.3 is 0 Å². The first-order valence-corrected chi connectivity index (χ1v) is 11.8. The van der Waals surface area contributed by atoms with Crippen LogP contribution >= 0.6 is 0 Å². The summed E-state index contributed by atoms with van der Waals surface area (Å²) >= 11 is 0. The van der Waals surface area contributed by atoms with Gasteiger partial charge < -0.3 is 0 Å². The summed E-state index contributed by atoms with van der Waals surface area (Å²) in [6.45, 7) is 6.85. The molecule has 0 amide bonds. The third-order valence-electron chi connectivity index (χ3n) is 4.94. The minimum atomic E-state index is -3.60. The molecule has 1 aromatic carbocycles. The van der Waals surface area contributed by atoms with E-state index in [0.717, 1.165) is 24.3 Å². The van der Waals surface area contributed by atoms with Gasteiger partial charge in [-0.05, 0) is 31.4 Å². The van der Waals surface area contributed by atoms with E-state index in [0.29, 0.717) is 0 Å². The molecular weight excluding hydrogens is 344 g/mol. The van der Waals surface area contributed by atoms with Crippen molar-refractivity contribution in [2.24, 2.45) is 5.92 Å². The van der Waals surface area contributed by atoms with Gasteiger partial charge in [0.05, 0.1) is 11.5 Å². The molecule has 1 atom stereocenters. The fraction of sp³-hybridized carbons (Fsp3) is 0.727. The average molecular weight is 383 g/mol. The minimum Gasteiger partial charge on any atom is -0.266 e. The second-order valence-electron chi connectivity index (χ2n) is 7.60. The monoisotopic (exact) mass is 382 g/mol. The SMILES string of the molecule is CCCC[C@H](C)CCCCCCCCCOS(=O)(=O)c1ccc(C)cc1. The van der Waals surface area contributed by atoms with Crippen LogP contribution in [0.2, 0.25) is 0 Å². The summed E-state index contributed by atoms with van der Waals surface area (Å²) in [5.41, 5.74) is 1.04. The zero-order valence-corrected chi connectivity index (χ0v) is 17.8. The van der Waals surface area contributed by atoms with Crippen LogP contribution in [-0.2, 0) is 14.3 Å². The molecule has 0 spiro atoms. The van der Waals surface area contributed by atoms with Gasteiger partial charge in [-0.3, -0.25) is 4.18 Å². The van der Waals surface area contributed by atoms with Crippen LogP contribution in [0.5, 0.6) is 0 Å². The van der Waals surface area contributed by atoms with Crippen molar-refractivity contribution in [3.63, 3.8) is 0 Å². The van der Waals surface area contributed by atoms with Gasteiger partial charge in [0.1, 0.15) is 0 Å². The minimum absolute atomic E-state index is 0.247. The smallest absolute Gasteiger partial charge is 0.266 e. The summed E-state index contributed by atoms with van der Waals surface area (Å²) in [4.78, 5) is 0.247. The van der Waals surface area contributed by atoms with Crippen molar-refractivity contribution in [2.45, 2.75) is 96.3 Å². The molecule has 150 valence electrons. The number of hydrogen-bond acceptors (Lipinski definition) is 3. The van der Waals surface area contributed by atoms with Crippen molar-refractivity contribution < 1.29 is 12.6 Å². The number of rotatable bonds is 15. The Hall–Kier alpha value is -0.870. The van der Waals surface area contributed by atoms with Crippen LogP contribution in [0, 0.1) is 12.8 Å². The fourth-order valence-electron chi connectivity index (χ4n) is 3.12. The summed E-state index contributed by atoms with van der Waals surface area (Å²) in [5.74, 6) is 0.877. The molecule has 0 N–H and O–H groups in total. The highest BCUT2D eigenvalue weighted by Gasteiger charge is 2.14. The van der Waals surface area contributed by atoms with E-state index in [2.05, 4.69) is 13.8 Å². The van der Waals surface area contributed by atoms with Gasteiger partial charge in [-0.1, -0.05) is 95.8 Å². The first-order valence-electron chi connectivity index (χ1n) is 10.4. The molecule has 0 aliphatic carbocycles. The highest BCUT2D eigenvalue weighted by Crippen LogP contribution is 2.17. The van der Waals surface area contributed by atoms with Crippen LogP contribution in [0.15, 0.2) is 29.2 Å². The van der Waals surface area contributed by atoms with Crippen LogP contribution in [0.4, 0.5) is 0 Å². The Labute approximate surface area is 161 Å². The predicted molar refractivity (Wildman–Crippen MR) is 110 cm³/mol. The number of aryl methyl sites for hydroxylation is 1. The van der Waals surface area contributed by atoms with Crippen molar-refractivity contribution in [2.75, 3.05) is 6.61 Å². The molecule has 0 aliphatic heterocycles. The van der Waals surface area contributed by atoms with Gasteiger partial charge in [-0.2, -0.15) is 8.42 Å². The molecule has 0 saturated heterocycles. The Bertz CT molecular complexity index is 564. The third kappa shape index (κ3) is 10.3. The number of benzene rings is 1. The highest BCUT2D eigenvalue weighted by atomic mass is 32.2. The quantitative estimate of drug-likeness (QED) is 0.252. The molecular formula is C22H38O3S. The second kappa shape index (κ2) is 13.3. The van der Waals surface area contributed by atoms with Crippen molar-refractivity contribution in [1.82, 2.24) is 0 Å². The summed E-state index contributed by atoms with van der Waals surface area (Å²) in [5, 5.41) is 0. The second-order valence-corrected chi connectivity index (χ2v) is 9.22. The average Bonchev–Trinajstić information content (AvgIpc) is 2.61. The lowest BCUT2D eigenvalue weighted by atomic mass is 9.97.